The Morgan fingerprint density at radius 3 is 2.47 bits per heavy atom. The molecule has 3 heterocycles. The van der Waals surface area contributed by atoms with Crippen molar-refractivity contribution >= 4 is 11.7 Å². The fourth-order valence-electron chi connectivity index (χ4n) is 4.31. The summed E-state index contributed by atoms with van der Waals surface area (Å²) in [5.41, 5.74) is -0.887. The average molecular weight is 427 g/mol. The molecule has 1 amide bonds. The van der Waals surface area contributed by atoms with E-state index in [0.717, 1.165) is 57.7 Å². The van der Waals surface area contributed by atoms with Crippen LogP contribution in [-0.2, 0) is 15.7 Å². The van der Waals surface area contributed by atoms with Crippen molar-refractivity contribution in [3.63, 3.8) is 0 Å². The van der Waals surface area contributed by atoms with E-state index in [2.05, 4.69) is 19.8 Å². The van der Waals surface area contributed by atoms with E-state index in [-0.39, 0.29) is 18.0 Å². The fourth-order valence-corrected chi connectivity index (χ4v) is 4.31. The lowest BCUT2D eigenvalue weighted by Gasteiger charge is -2.40. The molecule has 2 aliphatic heterocycles. The van der Waals surface area contributed by atoms with Crippen LogP contribution in [0.4, 0.5) is 19.0 Å². The number of alkyl halides is 3. The van der Waals surface area contributed by atoms with Gasteiger partial charge in [-0.1, -0.05) is 0 Å². The SMILES string of the molecule is O=C1CCOCCN1CCN1CCC(N(c2cc(C(F)(F)F)ncn2)C2CC2)CC1. The Kier molecular flexibility index (Phi) is 6.43. The number of carbonyl (C=O) groups excluding carboxylic acids is 1. The van der Waals surface area contributed by atoms with E-state index in [1.54, 1.807) is 0 Å². The first kappa shape index (κ1) is 21.3. The lowest BCUT2D eigenvalue weighted by molar-refractivity contribution is -0.141. The van der Waals surface area contributed by atoms with E-state index in [4.69, 9.17) is 4.74 Å². The first-order valence-corrected chi connectivity index (χ1v) is 10.7. The van der Waals surface area contributed by atoms with Gasteiger partial charge in [0, 0.05) is 50.9 Å². The monoisotopic (exact) mass is 427 g/mol. The number of carbonyl (C=O) groups is 1. The highest BCUT2D eigenvalue weighted by Gasteiger charge is 2.39. The standard InChI is InChI=1S/C20H28F3N5O2/c21-20(22,23)17-13-18(25-14-24-17)28(15-1-2-15)16-3-6-26(7-4-16)8-9-27-10-12-30-11-5-19(27)29/h13-16H,1-12H2. The Balaban J connectivity index is 1.33. The predicted octanol–water partition coefficient (Wildman–Crippen LogP) is 2.18. The minimum absolute atomic E-state index is 0.145. The number of rotatable bonds is 6. The van der Waals surface area contributed by atoms with Gasteiger partial charge >= 0.3 is 6.18 Å². The molecule has 4 rings (SSSR count). The first-order chi connectivity index (χ1) is 14.4. The number of nitrogens with zero attached hydrogens (tertiary/aromatic N) is 5. The number of piperidine rings is 1. The third-order valence-corrected chi connectivity index (χ3v) is 6.10. The zero-order valence-electron chi connectivity index (χ0n) is 17.0. The number of hydrogen-bond donors (Lipinski definition) is 0. The van der Waals surface area contributed by atoms with Crippen molar-refractivity contribution in [2.45, 2.75) is 50.4 Å². The van der Waals surface area contributed by atoms with Gasteiger partial charge < -0.3 is 19.4 Å². The van der Waals surface area contributed by atoms with Gasteiger partial charge in [0.25, 0.3) is 0 Å². The first-order valence-electron chi connectivity index (χ1n) is 10.7. The van der Waals surface area contributed by atoms with Crippen molar-refractivity contribution in [2.24, 2.45) is 0 Å². The van der Waals surface area contributed by atoms with Gasteiger partial charge in [0.1, 0.15) is 17.8 Å². The highest BCUT2D eigenvalue weighted by molar-refractivity contribution is 5.76. The minimum Gasteiger partial charge on any atom is -0.379 e. The fraction of sp³-hybridized carbons (Fsp3) is 0.750. The number of hydrogen-bond acceptors (Lipinski definition) is 6. The van der Waals surface area contributed by atoms with E-state index in [1.165, 1.54) is 0 Å². The van der Waals surface area contributed by atoms with Crippen LogP contribution in [0.3, 0.4) is 0 Å². The number of anilines is 1. The second-order valence-corrected chi connectivity index (χ2v) is 8.21. The quantitative estimate of drug-likeness (QED) is 0.694. The maximum absolute atomic E-state index is 13.1. The van der Waals surface area contributed by atoms with Crippen molar-refractivity contribution in [3.05, 3.63) is 18.1 Å². The highest BCUT2D eigenvalue weighted by Crippen LogP contribution is 2.37. The molecule has 3 fully saturated rings. The molecule has 1 aliphatic carbocycles. The Labute approximate surface area is 174 Å². The summed E-state index contributed by atoms with van der Waals surface area (Å²) in [5, 5.41) is 0. The third-order valence-electron chi connectivity index (χ3n) is 6.10. The molecule has 1 aromatic heterocycles. The van der Waals surface area contributed by atoms with Gasteiger partial charge in [-0.05, 0) is 25.7 Å². The summed E-state index contributed by atoms with van der Waals surface area (Å²) in [5.74, 6) is 0.528. The Morgan fingerprint density at radius 1 is 1.03 bits per heavy atom. The van der Waals surface area contributed by atoms with Gasteiger partial charge in [-0.25, -0.2) is 9.97 Å². The smallest absolute Gasteiger partial charge is 0.379 e. The van der Waals surface area contributed by atoms with Crippen molar-refractivity contribution in [1.29, 1.82) is 0 Å². The van der Waals surface area contributed by atoms with Crippen molar-refractivity contribution in [1.82, 2.24) is 19.8 Å². The highest BCUT2D eigenvalue weighted by atomic mass is 19.4. The maximum Gasteiger partial charge on any atom is 0.433 e. The number of halogens is 3. The molecule has 0 spiro atoms. The molecule has 0 N–H and O–H groups in total. The largest absolute Gasteiger partial charge is 0.433 e. The van der Waals surface area contributed by atoms with E-state index in [1.807, 2.05) is 4.90 Å². The minimum atomic E-state index is -4.47. The molecule has 0 radical (unpaired) electrons. The molecule has 30 heavy (non-hydrogen) atoms. The van der Waals surface area contributed by atoms with Gasteiger partial charge in [0.2, 0.25) is 5.91 Å². The number of ether oxygens (including phenoxy) is 1. The summed E-state index contributed by atoms with van der Waals surface area (Å²) in [7, 11) is 0. The van der Waals surface area contributed by atoms with Crippen LogP contribution in [0.2, 0.25) is 0 Å². The lowest BCUT2D eigenvalue weighted by atomic mass is 10.0. The van der Waals surface area contributed by atoms with Crippen LogP contribution in [-0.4, -0.2) is 83.7 Å². The molecule has 7 nitrogen and oxygen atoms in total. The van der Waals surface area contributed by atoms with E-state index < -0.39 is 11.9 Å². The molecule has 166 valence electrons. The number of likely N-dealkylation sites (tertiary alicyclic amines) is 1. The normalized spacial score (nSPS) is 22.2. The van der Waals surface area contributed by atoms with Crippen LogP contribution in [0, 0.1) is 0 Å². The molecule has 3 aliphatic rings. The molecule has 1 saturated carbocycles. The van der Waals surface area contributed by atoms with Gasteiger partial charge in [-0.3, -0.25) is 4.79 Å². The zero-order valence-corrected chi connectivity index (χ0v) is 17.0. The summed E-state index contributed by atoms with van der Waals surface area (Å²) in [6.45, 7) is 4.96. The molecular weight excluding hydrogens is 399 g/mol. The second kappa shape index (κ2) is 9.05. The van der Waals surface area contributed by atoms with Crippen molar-refractivity contribution in [2.75, 3.05) is 50.8 Å². The van der Waals surface area contributed by atoms with Gasteiger partial charge in [-0.2, -0.15) is 13.2 Å². The lowest BCUT2D eigenvalue weighted by Crippen LogP contribution is -2.48. The van der Waals surface area contributed by atoms with E-state index >= 15 is 0 Å². The summed E-state index contributed by atoms with van der Waals surface area (Å²) in [6.07, 6.45) is 0.723. The Hall–Kier alpha value is -1.94. The molecule has 0 aromatic carbocycles. The zero-order chi connectivity index (χ0) is 21.1. The van der Waals surface area contributed by atoms with Crippen molar-refractivity contribution in [3.8, 4) is 0 Å². The second-order valence-electron chi connectivity index (χ2n) is 8.21. The van der Waals surface area contributed by atoms with Crippen LogP contribution in [0.1, 0.15) is 37.8 Å². The van der Waals surface area contributed by atoms with Crippen LogP contribution in [0.5, 0.6) is 0 Å². The molecule has 1 aromatic rings. The van der Waals surface area contributed by atoms with Crippen LogP contribution >= 0.6 is 0 Å². The van der Waals surface area contributed by atoms with Crippen LogP contribution in [0.25, 0.3) is 0 Å². The topological polar surface area (TPSA) is 61.8 Å². The average Bonchev–Trinajstić information content (AvgIpc) is 3.57. The third kappa shape index (κ3) is 5.21. The molecule has 0 atom stereocenters. The summed E-state index contributed by atoms with van der Waals surface area (Å²) in [4.78, 5) is 26.0. The summed E-state index contributed by atoms with van der Waals surface area (Å²) in [6, 6.07) is 1.53. The molecule has 2 saturated heterocycles. The van der Waals surface area contributed by atoms with Crippen LogP contribution < -0.4 is 4.90 Å². The summed E-state index contributed by atoms with van der Waals surface area (Å²) >= 11 is 0. The molecule has 10 heteroatoms. The Morgan fingerprint density at radius 2 is 1.77 bits per heavy atom. The van der Waals surface area contributed by atoms with Crippen LogP contribution in [0.15, 0.2) is 12.4 Å². The number of amides is 1. The van der Waals surface area contributed by atoms with Gasteiger partial charge in [0.05, 0.1) is 19.6 Å². The number of aromatic nitrogens is 2. The van der Waals surface area contributed by atoms with Gasteiger partial charge in [-0.15, -0.1) is 0 Å². The Bertz CT molecular complexity index is 735. The van der Waals surface area contributed by atoms with E-state index in [9.17, 15) is 18.0 Å². The molecular formula is C20H28F3N5O2. The maximum atomic E-state index is 13.1. The van der Waals surface area contributed by atoms with E-state index in [0.29, 0.717) is 38.5 Å². The molecule has 0 unspecified atom stereocenters. The van der Waals surface area contributed by atoms with Gasteiger partial charge in [0.15, 0.2) is 0 Å². The molecule has 0 bridgehead atoms. The predicted molar refractivity (Wildman–Crippen MR) is 104 cm³/mol. The summed E-state index contributed by atoms with van der Waals surface area (Å²) < 4.78 is 44.6. The van der Waals surface area contributed by atoms with Crippen molar-refractivity contribution < 1.29 is 22.7 Å².